The first-order valence-electron chi connectivity index (χ1n) is 6.29. The van der Waals surface area contributed by atoms with Gasteiger partial charge in [0.2, 0.25) is 0 Å². The highest BCUT2D eigenvalue weighted by Crippen LogP contribution is 2.28. The third-order valence-corrected chi connectivity index (χ3v) is 3.27. The molecule has 92 valence electrons. The minimum absolute atomic E-state index is 0.00917. The van der Waals surface area contributed by atoms with Gasteiger partial charge in [0.05, 0.1) is 0 Å². The van der Waals surface area contributed by atoms with E-state index < -0.39 is 0 Å². The number of amides is 1. The summed E-state index contributed by atoms with van der Waals surface area (Å²) in [5, 5.41) is 3.03. The molecule has 0 fully saturated rings. The highest BCUT2D eigenvalue weighted by atomic mass is 16.5. The molecule has 0 aliphatic carbocycles. The average molecular weight is 233 g/mol. The number of rotatable bonds is 4. The molecular formula is C14H19NO2. The van der Waals surface area contributed by atoms with Crippen molar-refractivity contribution in [1.29, 1.82) is 0 Å². The normalized spacial score (nSPS) is 17.7. The molecule has 0 unspecified atom stereocenters. The van der Waals surface area contributed by atoms with Crippen molar-refractivity contribution in [2.75, 3.05) is 0 Å². The smallest absolute Gasteiger partial charge is 0.261 e. The molecule has 3 heteroatoms. The summed E-state index contributed by atoms with van der Waals surface area (Å²) in [5.41, 5.74) is 1.12. The second-order valence-corrected chi connectivity index (χ2v) is 4.44. The van der Waals surface area contributed by atoms with Crippen molar-refractivity contribution in [3.05, 3.63) is 29.8 Å². The Labute approximate surface area is 102 Å². The van der Waals surface area contributed by atoms with Gasteiger partial charge in [-0.1, -0.05) is 32.0 Å². The number of carbonyl (C=O) groups is 1. The van der Waals surface area contributed by atoms with E-state index in [0.717, 1.165) is 24.2 Å². The number of carbonyl (C=O) groups excluding carboxylic acids is 1. The van der Waals surface area contributed by atoms with Crippen LogP contribution < -0.4 is 10.1 Å². The predicted octanol–water partition coefficient (Wildman–Crippen LogP) is 2.29. The van der Waals surface area contributed by atoms with Gasteiger partial charge in [0, 0.05) is 12.5 Å². The molecule has 0 radical (unpaired) electrons. The fraction of sp³-hybridized carbons (Fsp3) is 0.500. The van der Waals surface area contributed by atoms with E-state index in [1.807, 2.05) is 24.3 Å². The molecule has 1 aromatic rings. The van der Waals surface area contributed by atoms with Crippen LogP contribution in [-0.4, -0.2) is 18.1 Å². The van der Waals surface area contributed by atoms with E-state index in [0.29, 0.717) is 6.42 Å². The van der Waals surface area contributed by atoms with Crippen LogP contribution in [0.5, 0.6) is 5.75 Å². The quantitative estimate of drug-likeness (QED) is 0.866. The van der Waals surface area contributed by atoms with Crippen molar-refractivity contribution in [2.24, 2.45) is 0 Å². The summed E-state index contributed by atoms with van der Waals surface area (Å²) in [6.45, 7) is 4.16. The van der Waals surface area contributed by atoms with Crippen LogP contribution in [0.2, 0.25) is 0 Å². The third kappa shape index (κ3) is 2.60. The third-order valence-electron chi connectivity index (χ3n) is 3.27. The fourth-order valence-electron chi connectivity index (χ4n) is 2.12. The summed E-state index contributed by atoms with van der Waals surface area (Å²) >= 11 is 0. The van der Waals surface area contributed by atoms with Crippen molar-refractivity contribution in [1.82, 2.24) is 5.32 Å². The summed E-state index contributed by atoms with van der Waals surface area (Å²) in [6, 6.07) is 8.10. The number of ether oxygens (including phenoxy) is 1. The standard InChI is InChI=1S/C14H19NO2/c1-3-11(4-2)15-14(16)13-9-10-7-5-6-8-12(10)17-13/h5-8,11,13H,3-4,9H2,1-2H3,(H,15,16)/t13-/m1/s1. The minimum atomic E-state index is -0.354. The molecule has 0 saturated heterocycles. The topological polar surface area (TPSA) is 38.3 Å². The van der Waals surface area contributed by atoms with Gasteiger partial charge in [-0.05, 0) is 24.5 Å². The van der Waals surface area contributed by atoms with Gasteiger partial charge in [-0.2, -0.15) is 0 Å². The largest absolute Gasteiger partial charge is 0.480 e. The molecule has 1 aliphatic heterocycles. The minimum Gasteiger partial charge on any atom is -0.480 e. The molecule has 1 aromatic carbocycles. The Hall–Kier alpha value is -1.51. The number of hydrogen-bond acceptors (Lipinski definition) is 2. The van der Waals surface area contributed by atoms with Gasteiger partial charge in [-0.3, -0.25) is 4.79 Å². The predicted molar refractivity (Wildman–Crippen MR) is 67.1 cm³/mol. The molecule has 0 aromatic heterocycles. The Morgan fingerprint density at radius 1 is 1.41 bits per heavy atom. The first-order chi connectivity index (χ1) is 8.24. The first kappa shape index (κ1) is 12.0. The van der Waals surface area contributed by atoms with Crippen LogP contribution in [0.4, 0.5) is 0 Å². The van der Waals surface area contributed by atoms with E-state index in [2.05, 4.69) is 19.2 Å². The lowest BCUT2D eigenvalue weighted by Gasteiger charge is -2.17. The molecule has 17 heavy (non-hydrogen) atoms. The Kier molecular flexibility index (Phi) is 3.67. The number of para-hydroxylation sites is 1. The molecule has 1 atom stereocenters. The summed E-state index contributed by atoms with van der Waals surface area (Å²) in [7, 11) is 0. The van der Waals surface area contributed by atoms with Crippen LogP contribution in [0, 0.1) is 0 Å². The maximum atomic E-state index is 12.0. The molecular weight excluding hydrogens is 214 g/mol. The zero-order chi connectivity index (χ0) is 12.3. The number of fused-ring (bicyclic) bond motifs is 1. The van der Waals surface area contributed by atoms with Crippen molar-refractivity contribution < 1.29 is 9.53 Å². The summed E-state index contributed by atoms with van der Waals surface area (Å²) in [5.74, 6) is 0.854. The maximum Gasteiger partial charge on any atom is 0.261 e. The van der Waals surface area contributed by atoms with E-state index in [9.17, 15) is 4.79 Å². The lowest BCUT2D eigenvalue weighted by atomic mass is 10.1. The number of benzene rings is 1. The average Bonchev–Trinajstić information content (AvgIpc) is 2.79. The Morgan fingerprint density at radius 3 is 2.76 bits per heavy atom. The Morgan fingerprint density at radius 2 is 2.12 bits per heavy atom. The van der Waals surface area contributed by atoms with E-state index in [4.69, 9.17) is 4.74 Å². The zero-order valence-corrected chi connectivity index (χ0v) is 10.4. The van der Waals surface area contributed by atoms with Gasteiger partial charge in [-0.25, -0.2) is 0 Å². The molecule has 0 saturated carbocycles. The van der Waals surface area contributed by atoms with Crippen LogP contribution in [0.3, 0.4) is 0 Å². The van der Waals surface area contributed by atoms with Crippen LogP contribution in [-0.2, 0) is 11.2 Å². The zero-order valence-electron chi connectivity index (χ0n) is 10.4. The Balaban J connectivity index is 1.96. The molecule has 1 heterocycles. The first-order valence-corrected chi connectivity index (χ1v) is 6.29. The van der Waals surface area contributed by atoms with Gasteiger partial charge in [0.1, 0.15) is 5.75 Å². The molecule has 1 N–H and O–H groups in total. The highest BCUT2D eigenvalue weighted by Gasteiger charge is 2.29. The molecule has 2 rings (SSSR count). The molecule has 1 amide bonds. The van der Waals surface area contributed by atoms with E-state index in [-0.39, 0.29) is 18.1 Å². The molecule has 1 aliphatic rings. The fourth-order valence-corrected chi connectivity index (χ4v) is 2.12. The van der Waals surface area contributed by atoms with Crippen LogP contribution >= 0.6 is 0 Å². The maximum absolute atomic E-state index is 12.0. The summed E-state index contributed by atoms with van der Waals surface area (Å²) < 4.78 is 5.65. The van der Waals surface area contributed by atoms with E-state index in [1.165, 1.54) is 0 Å². The van der Waals surface area contributed by atoms with Crippen molar-refractivity contribution in [2.45, 2.75) is 45.3 Å². The van der Waals surface area contributed by atoms with E-state index in [1.54, 1.807) is 0 Å². The highest BCUT2D eigenvalue weighted by molar-refractivity contribution is 5.82. The summed E-state index contributed by atoms with van der Waals surface area (Å²) in [6.07, 6.45) is 2.25. The van der Waals surface area contributed by atoms with Crippen LogP contribution in [0.15, 0.2) is 24.3 Å². The molecule has 3 nitrogen and oxygen atoms in total. The van der Waals surface area contributed by atoms with E-state index >= 15 is 0 Å². The SMILES string of the molecule is CCC(CC)NC(=O)[C@H]1Cc2ccccc2O1. The molecule has 0 bridgehead atoms. The number of nitrogens with one attached hydrogen (secondary N) is 1. The van der Waals surface area contributed by atoms with Crippen LogP contribution in [0.25, 0.3) is 0 Å². The molecule has 0 spiro atoms. The lowest BCUT2D eigenvalue weighted by Crippen LogP contribution is -2.42. The van der Waals surface area contributed by atoms with Crippen molar-refractivity contribution in [3.63, 3.8) is 0 Å². The summed E-state index contributed by atoms with van der Waals surface area (Å²) in [4.78, 5) is 12.0. The van der Waals surface area contributed by atoms with Gasteiger partial charge in [0.15, 0.2) is 6.10 Å². The van der Waals surface area contributed by atoms with Crippen molar-refractivity contribution in [3.8, 4) is 5.75 Å². The second-order valence-electron chi connectivity index (χ2n) is 4.44. The monoisotopic (exact) mass is 233 g/mol. The number of hydrogen-bond donors (Lipinski definition) is 1. The van der Waals surface area contributed by atoms with Gasteiger partial charge in [0.25, 0.3) is 5.91 Å². The second kappa shape index (κ2) is 5.21. The Bertz CT molecular complexity index is 374. The lowest BCUT2D eigenvalue weighted by molar-refractivity contribution is -0.128. The van der Waals surface area contributed by atoms with Crippen LogP contribution in [0.1, 0.15) is 32.3 Å². The van der Waals surface area contributed by atoms with Crippen molar-refractivity contribution >= 4 is 5.91 Å². The van der Waals surface area contributed by atoms with Gasteiger partial charge in [-0.15, -0.1) is 0 Å². The van der Waals surface area contributed by atoms with Gasteiger partial charge < -0.3 is 10.1 Å². The van der Waals surface area contributed by atoms with Gasteiger partial charge >= 0.3 is 0 Å².